The summed E-state index contributed by atoms with van der Waals surface area (Å²) in [5.41, 5.74) is 1.84. The SMILES string of the molecule is CC(C)(C)OC(C=Cc1ccc(O)cc1)=Cc1ccccc1. The minimum atomic E-state index is -0.264. The van der Waals surface area contributed by atoms with Crippen molar-refractivity contribution >= 4 is 12.2 Å². The highest BCUT2D eigenvalue weighted by atomic mass is 16.5. The molecule has 0 heterocycles. The lowest BCUT2D eigenvalue weighted by Crippen LogP contribution is -2.18. The number of allylic oxidation sites excluding steroid dienone is 1. The Morgan fingerprint density at radius 1 is 0.909 bits per heavy atom. The van der Waals surface area contributed by atoms with Crippen LogP contribution < -0.4 is 0 Å². The number of hydrogen-bond acceptors (Lipinski definition) is 2. The fourth-order valence-corrected chi connectivity index (χ4v) is 1.94. The molecule has 0 aliphatic rings. The van der Waals surface area contributed by atoms with Crippen molar-refractivity contribution in [2.45, 2.75) is 26.4 Å². The molecular weight excluding hydrogens is 272 g/mol. The van der Waals surface area contributed by atoms with Crippen molar-refractivity contribution in [1.29, 1.82) is 0 Å². The van der Waals surface area contributed by atoms with Crippen LogP contribution in [0.25, 0.3) is 12.2 Å². The van der Waals surface area contributed by atoms with Crippen LogP contribution in [0.1, 0.15) is 31.9 Å². The van der Waals surface area contributed by atoms with Crippen LogP contribution in [0.2, 0.25) is 0 Å². The van der Waals surface area contributed by atoms with Gasteiger partial charge in [-0.2, -0.15) is 0 Å². The Labute approximate surface area is 132 Å². The van der Waals surface area contributed by atoms with Crippen molar-refractivity contribution in [2.75, 3.05) is 0 Å². The highest BCUT2D eigenvalue weighted by molar-refractivity contribution is 5.60. The Bertz CT molecular complexity index is 644. The van der Waals surface area contributed by atoms with E-state index < -0.39 is 0 Å². The van der Waals surface area contributed by atoms with Crippen LogP contribution in [-0.4, -0.2) is 10.7 Å². The highest BCUT2D eigenvalue weighted by Crippen LogP contribution is 2.19. The first-order chi connectivity index (χ1) is 10.4. The summed E-state index contributed by atoms with van der Waals surface area (Å²) in [6.07, 6.45) is 5.94. The van der Waals surface area contributed by atoms with Gasteiger partial charge in [-0.05, 0) is 56.2 Å². The second kappa shape index (κ2) is 6.99. The van der Waals surface area contributed by atoms with Crippen LogP contribution >= 0.6 is 0 Å². The van der Waals surface area contributed by atoms with Gasteiger partial charge in [-0.15, -0.1) is 0 Å². The molecule has 0 amide bonds. The van der Waals surface area contributed by atoms with Crippen LogP contribution in [0, 0.1) is 0 Å². The van der Waals surface area contributed by atoms with E-state index in [0.29, 0.717) is 0 Å². The molecule has 2 aromatic carbocycles. The van der Waals surface area contributed by atoms with Gasteiger partial charge in [-0.3, -0.25) is 0 Å². The van der Waals surface area contributed by atoms with E-state index in [0.717, 1.165) is 16.9 Å². The quantitative estimate of drug-likeness (QED) is 0.615. The third kappa shape index (κ3) is 5.49. The van der Waals surface area contributed by atoms with E-state index in [1.807, 2.05) is 81.5 Å². The summed E-state index contributed by atoms with van der Waals surface area (Å²) in [4.78, 5) is 0. The number of ether oxygens (including phenoxy) is 1. The molecule has 2 aromatic rings. The van der Waals surface area contributed by atoms with Crippen LogP contribution in [0.15, 0.2) is 66.4 Å². The predicted octanol–water partition coefficient (Wildman–Crippen LogP) is 5.26. The number of benzene rings is 2. The van der Waals surface area contributed by atoms with Gasteiger partial charge in [0.2, 0.25) is 0 Å². The Morgan fingerprint density at radius 2 is 1.55 bits per heavy atom. The molecule has 0 aliphatic carbocycles. The third-order valence-electron chi connectivity index (χ3n) is 2.87. The van der Waals surface area contributed by atoms with E-state index in [9.17, 15) is 5.11 Å². The van der Waals surface area contributed by atoms with Crippen molar-refractivity contribution in [1.82, 2.24) is 0 Å². The molecule has 22 heavy (non-hydrogen) atoms. The molecule has 0 aromatic heterocycles. The Morgan fingerprint density at radius 3 is 2.14 bits per heavy atom. The van der Waals surface area contributed by atoms with Gasteiger partial charge >= 0.3 is 0 Å². The maximum absolute atomic E-state index is 9.32. The average Bonchev–Trinajstić information content (AvgIpc) is 2.46. The number of rotatable bonds is 4. The summed E-state index contributed by atoms with van der Waals surface area (Å²) in [7, 11) is 0. The first-order valence-electron chi connectivity index (χ1n) is 7.35. The van der Waals surface area contributed by atoms with Gasteiger partial charge in [0.05, 0.1) is 0 Å². The maximum Gasteiger partial charge on any atom is 0.120 e. The van der Waals surface area contributed by atoms with E-state index in [4.69, 9.17) is 4.74 Å². The van der Waals surface area contributed by atoms with E-state index in [1.165, 1.54) is 0 Å². The number of aromatic hydroxyl groups is 1. The van der Waals surface area contributed by atoms with Crippen molar-refractivity contribution in [3.8, 4) is 5.75 Å². The molecule has 0 saturated heterocycles. The Kier molecular flexibility index (Phi) is 5.05. The van der Waals surface area contributed by atoms with Gasteiger partial charge in [-0.1, -0.05) is 48.5 Å². The zero-order valence-corrected chi connectivity index (χ0v) is 13.3. The molecule has 114 valence electrons. The molecule has 0 radical (unpaired) electrons. The minimum absolute atomic E-state index is 0.264. The van der Waals surface area contributed by atoms with Crippen LogP contribution in [0.5, 0.6) is 5.75 Å². The number of phenols is 1. The monoisotopic (exact) mass is 294 g/mol. The molecule has 0 unspecified atom stereocenters. The van der Waals surface area contributed by atoms with E-state index in [1.54, 1.807) is 12.1 Å². The van der Waals surface area contributed by atoms with Gasteiger partial charge < -0.3 is 9.84 Å². The van der Waals surface area contributed by atoms with Gasteiger partial charge in [0.15, 0.2) is 0 Å². The number of hydrogen-bond donors (Lipinski definition) is 1. The molecule has 0 aliphatic heterocycles. The molecular formula is C20H22O2. The van der Waals surface area contributed by atoms with E-state index in [2.05, 4.69) is 0 Å². The van der Waals surface area contributed by atoms with Gasteiger partial charge in [0.25, 0.3) is 0 Å². The van der Waals surface area contributed by atoms with Crippen molar-refractivity contribution in [2.24, 2.45) is 0 Å². The normalized spacial score (nSPS) is 12.6. The largest absolute Gasteiger partial charge is 0.508 e. The van der Waals surface area contributed by atoms with E-state index >= 15 is 0 Å². The van der Waals surface area contributed by atoms with Crippen molar-refractivity contribution in [3.05, 3.63) is 77.6 Å². The van der Waals surface area contributed by atoms with Crippen LogP contribution in [0.3, 0.4) is 0 Å². The minimum Gasteiger partial charge on any atom is -0.508 e. The predicted molar refractivity (Wildman–Crippen MR) is 92.4 cm³/mol. The van der Waals surface area contributed by atoms with Crippen LogP contribution in [0.4, 0.5) is 0 Å². The second-order valence-electron chi connectivity index (χ2n) is 6.10. The van der Waals surface area contributed by atoms with Gasteiger partial charge in [-0.25, -0.2) is 0 Å². The molecule has 0 bridgehead atoms. The summed E-state index contributed by atoms with van der Waals surface area (Å²) in [5.74, 6) is 1.06. The second-order valence-corrected chi connectivity index (χ2v) is 6.10. The zero-order valence-electron chi connectivity index (χ0n) is 13.3. The summed E-state index contributed by atoms with van der Waals surface area (Å²) < 4.78 is 6.01. The van der Waals surface area contributed by atoms with Crippen molar-refractivity contribution < 1.29 is 9.84 Å². The third-order valence-corrected chi connectivity index (χ3v) is 2.87. The molecule has 0 saturated carbocycles. The van der Waals surface area contributed by atoms with Gasteiger partial charge in [0.1, 0.15) is 17.1 Å². The smallest absolute Gasteiger partial charge is 0.120 e. The lowest BCUT2D eigenvalue weighted by molar-refractivity contribution is 0.0620. The lowest BCUT2D eigenvalue weighted by atomic mass is 10.1. The first-order valence-corrected chi connectivity index (χ1v) is 7.35. The maximum atomic E-state index is 9.32. The van der Waals surface area contributed by atoms with Crippen LogP contribution in [-0.2, 0) is 4.74 Å². The fourth-order valence-electron chi connectivity index (χ4n) is 1.94. The summed E-state index contributed by atoms with van der Waals surface area (Å²) in [6.45, 7) is 6.08. The summed E-state index contributed by atoms with van der Waals surface area (Å²) in [5, 5.41) is 9.32. The topological polar surface area (TPSA) is 29.5 Å². The Hall–Kier alpha value is -2.48. The lowest BCUT2D eigenvalue weighted by Gasteiger charge is -2.22. The van der Waals surface area contributed by atoms with Crippen molar-refractivity contribution in [3.63, 3.8) is 0 Å². The van der Waals surface area contributed by atoms with E-state index in [-0.39, 0.29) is 11.4 Å². The molecule has 1 N–H and O–H groups in total. The first kappa shape index (κ1) is 15.9. The zero-order chi connectivity index (χ0) is 16.0. The molecule has 2 rings (SSSR count). The molecule has 2 heteroatoms. The molecule has 2 nitrogen and oxygen atoms in total. The summed E-state index contributed by atoms with van der Waals surface area (Å²) in [6, 6.07) is 17.2. The molecule has 0 fully saturated rings. The highest BCUT2D eigenvalue weighted by Gasteiger charge is 2.12. The molecule has 0 atom stereocenters. The summed E-state index contributed by atoms with van der Waals surface area (Å²) >= 11 is 0. The Balaban J connectivity index is 2.24. The molecule has 0 spiro atoms. The average molecular weight is 294 g/mol. The number of phenolic OH excluding ortho intramolecular Hbond substituents is 1. The standard InChI is InChI=1S/C20H22O2/c1-20(2,3)22-19(15-17-7-5-4-6-8-17)14-11-16-9-12-18(21)13-10-16/h4-15,21H,1-3H3. The van der Waals surface area contributed by atoms with Gasteiger partial charge in [0, 0.05) is 0 Å². The fraction of sp³-hybridized carbons (Fsp3) is 0.200.